The third-order valence-electron chi connectivity index (χ3n) is 4.37. The van der Waals surface area contributed by atoms with Gasteiger partial charge in [-0.05, 0) is 57.2 Å². The number of hydrogen-bond donors (Lipinski definition) is 2. The van der Waals surface area contributed by atoms with Crippen LogP contribution in [0.15, 0.2) is 53.4 Å². The van der Waals surface area contributed by atoms with Crippen molar-refractivity contribution in [3.8, 4) is 5.69 Å². The van der Waals surface area contributed by atoms with Crippen LogP contribution in [0.1, 0.15) is 17.0 Å². The van der Waals surface area contributed by atoms with E-state index in [1.165, 1.54) is 0 Å². The second-order valence-corrected chi connectivity index (χ2v) is 7.66. The van der Waals surface area contributed by atoms with Gasteiger partial charge in [0.2, 0.25) is 5.91 Å². The Labute approximate surface area is 172 Å². The predicted molar refractivity (Wildman–Crippen MR) is 113 cm³/mol. The monoisotopic (exact) mass is 416 g/mol. The zero-order chi connectivity index (χ0) is 21.0. The van der Waals surface area contributed by atoms with Gasteiger partial charge in [0.1, 0.15) is 0 Å². The Hall–Kier alpha value is -2.87. The number of aryl methyl sites for hydroxylation is 2. The first-order valence-electron chi connectivity index (χ1n) is 9.05. The zero-order valence-corrected chi connectivity index (χ0v) is 17.2. The third-order valence-corrected chi connectivity index (χ3v) is 5.09. The lowest BCUT2D eigenvalue weighted by atomic mass is 10.2. The number of hydrogen-bond acceptors (Lipinski definition) is 4. The minimum absolute atomic E-state index is 0.0515. The molecular weight excluding hydrogens is 394 g/mol. The number of alkyl halides is 2. The summed E-state index contributed by atoms with van der Waals surface area (Å²) in [6, 6.07) is 14.5. The first-order valence-corrected chi connectivity index (χ1v) is 9.93. The van der Waals surface area contributed by atoms with Gasteiger partial charge in [0.15, 0.2) is 0 Å². The van der Waals surface area contributed by atoms with Crippen LogP contribution in [0.4, 0.5) is 20.2 Å². The maximum Gasteiger partial charge on any atom is 0.288 e. The molecule has 2 aromatic carbocycles. The molecule has 1 heterocycles. The van der Waals surface area contributed by atoms with Crippen molar-refractivity contribution in [3.05, 3.63) is 65.5 Å². The first-order chi connectivity index (χ1) is 13.8. The van der Waals surface area contributed by atoms with Crippen molar-refractivity contribution < 1.29 is 13.6 Å². The van der Waals surface area contributed by atoms with Gasteiger partial charge in [-0.2, -0.15) is 13.9 Å². The molecule has 0 atom stereocenters. The van der Waals surface area contributed by atoms with Crippen molar-refractivity contribution in [1.29, 1.82) is 0 Å². The standard InChI is InChI=1S/C21H22F2N4OS/c1-13-4-8-17(9-5-13)27-15(3)20(14(2)26-27)25-19(28)12-24-16-6-10-18(11-7-16)29-21(22)23/h4-11,21,24H,12H2,1-3H3,(H,25,28). The average Bonchev–Trinajstić information content (AvgIpc) is 2.96. The summed E-state index contributed by atoms with van der Waals surface area (Å²) in [7, 11) is 0. The van der Waals surface area contributed by atoms with E-state index in [9.17, 15) is 13.6 Å². The summed E-state index contributed by atoms with van der Waals surface area (Å²) in [6.45, 7) is 5.83. The van der Waals surface area contributed by atoms with E-state index in [0.29, 0.717) is 28.0 Å². The number of carbonyl (C=O) groups is 1. The van der Waals surface area contributed by atoms with Gasteiger partial charge in [-0.25, -0.2) is 4.68 Å². The highest BCUT2D eigenvalue weighted by molar-refractivity contribution is 7.99. The van der Waals surface area contributed by atoms with Crippen LogP contribution >= 0.6 is 11.8 Å². The van der Waals surface area contributed by atoms with E-state index in [1.54, 1.807) is 28.9 Å². The normalized spacial score (nSPS) is 11.0. The van der Waals surface area contributed by atoms with Crippen LogP contribution in [0.25, 0.3) is 5.69 Å². The number of aromatic nitrogens is 2. The van der Waals surface area contributed by atoms with Gasteiger partial charge in [0, 0.05) is 10.6 Å². The van der Waals surface area contributed by atoms with E-state index in [0.717, 1.165) is 22.6 Å². The van der Waals surface area contributed by atoms with Gasteiger partial charge >= 0.3 is 0 Å². The van der Waals surface area contributed by atoms with Crippen molar-refractivity contribution in [2.45, 2.75) is 31.4 Å². The highest BCUT2D eigenvalue weighted by atomic mass is 32.2. The largest absolute Gasteiger partial charge is 0.376 e. The molecule has 29 heavy (non-hydrogen) atoms. The lowest BCUT2D eigenvalue weighted by Gasteiger charge is -2.09. The van der Waals surface area contributed by atoms with Crippen molar-refractivity contribution in [1.82, 2.24) is 9.78 Å². The van der Waals surface area contributed by atoms with Crippen molar-refractivity contribution >= 4 is 29.0 Å². The molecule has 0 radical (unpaired) electrons. The first kappa shape index (κ1) is 20.9. The lowest BCUT2D eigenvalue weighted by molar-refractivity contribution is -0.114. The molecule has 0 unspecified atom stereocenters. The molecule has 3 rings (SSSR count). The number of amides is 1. The van der Waals surface area contributed by atoms with Crippen LogP contribution < -0.4 is 10.6 Å². The highest BCUT2D eigenvalue weighted by Crippen LogP contribution is 2.26. The number of rotatable bonds is 7. The number of carbonyl (C=O) groups excluding carboxylic acids is 1. The summed E-state index contributed by atoms with van der Waals surface area (Å²) in [5.74, 6) is -2.67. The summed E-state index contributed by atoms with van der Waals surface area (Å²) in [4.78, 5) is 12.9. The van der Waals surface area contributed by atoms with Crippen LogP contribution in [-0.4, -0.2) is 28.0 Å². The summed E-state index contributed by atoms with van der Waals surface area (Å²) >= 11 is 0.488. The molecule has 0 aliphatic carbocycles. The Balaban J connectivity index is 1.63. The summed E-state index contributed by atoms with van der Waals surface area (Å²) in [5, 5.41) is 10.4. The second kappa shape index (κ2) is 9.09. The average molecular weight is 416 g/mol. The van der Waals surface area contributed by atoms with E-state index in [-0.39, 0.29) is 12.5 Å². The van der Waals surface area contributed by atoms with Crippen molar-refractivity contribution in [2.75, 3.05) is 17.2 Å². The van der Waals surface area contributed by atoms with E-state index < -0.39 is 5.76 Å². The third kappa shape index (κ3) is 5.35. The maximum absolute atomic E-state index is 12.4. The van der Waals surface area contributed by atoms with Crippen LogP contribution in [0.5, 0.6) is 0 Å². The fourth-order valence-corrected chi connectivity index (χ4v) is 3.38. The Morgan fingerprint density at radius 2 is 1.72 bits per heavy atom. The highest BCUT2D eigenvalue weighted by Gasteiger charge is 2.15. The van der Waals surface area contributed by atoms with Crippen LogP contribution in [0.2, 0.25) is 0 Å². The van der Waals surface area contributed by atoms with E-state index >= 15 is 0 Å². The number of halogens is 2. The molecule has 8 heteroatoms. The Bertz CT molecular complexity index is 985. The van der Waals surface area contributed by atoms with Gasteiger partial charge in [-0.3, -0.25) is 4.79 Å². The molecule has 0 aliphatic rings. The Morgan fingerprint density at radius 1 is 1.07 bits per heavy atom. The smallest absolute Gasteiger partial charge is 0.288 e. The quantitative estimate of drug-likeness (QED) is 0.522. The SMILES string of the molecule is Cc1ccc(-n2nc(C)c(NC(=O)CNc3ccc(SC(F)F)cc3)c2C)cc1. The minimum Gasteiger partial charge on any atom is -0.376 e. The second-order valence-electron chi connectivity index (χ2n) is 6.60. The molecule has 1 aromatic heterocycles. The number of nitrogens with one attached hydrogen (secondary N) is 2. The maximum atomic E-state index is 12.4. The predicted octanol–water partition coefficient (Wildman–Crippen LogP) is 5.16. The Morgan fingerprint density at radius 3 is 2.34 bits per heavy atom. The Kier molecular flexibility index (Phi) is 6.53. The number of nitrogens with zero attached hydrogens (tertiary/aromatic N) is 2. The van der Waals surface area contributed by atoms with E-state index in [2.05, 4.69) is 15.7 Å². The van der Waals surface area contributed by atoms with Gasteiger partial charge in [0.05, 0.1) is 29.3 Å². The van der Waals surface area contributed by atoms with Crippen LogP contribution in [-0.2, 0) is 4.79 Å². The molecule has 152 valence electrons. The van der Waals surface area contributed by atoms with E-state index in [1.807, 2.05) is 45.0 Å². The van der Waals surface area contributed by atoms with Gasteiger partial charge in [0.25, 0.3) is 5.76 Å². The molecule has 0 bridgehead atoms. The number of thioether (sulfide) groups is 1. The summed E-state index contributed by atoms with van der Waals surface area (Å²) in [6.07, 6.45) is 0. The van der Waals surface area contributed by atoms with Crippen LogP contribution in [0, 0.1) is 20.8 Å². The molecule has 0 saturated heterocycles. The van der Waals surface area contributed by atoms with Gasteiger partial charge < -0.3 is 10.6 Å². The molecule has 0 aliphatic heterocycles. The van der Waals surface area contributed by atoms with Gasteiger partial charge in [-0.15, -0.1) is 0 Å². The lowest BCUT2D eigenvalue weighted by Crippen LogP contribution is -2.22. The van der Waals surface area contributed by atoms with Crippen molar-refractivity contribution in [2.24, 2.45) is 0 Å². The molecule has 1 amide bonds. The molecule has 0 spiro atoms. The molecule has 5 nitrogen and oxygen atoms in total. The summed E-state index contributed by atoms with van der Waals surface area (Å²) < 4.78 is 26.5. The molecule has 0 saturated carbocycles. The fourth-order valence-electron chi connectivity index (χ4n) is 2.88. The summed E-state index contributed by atoms with van der Waals surface area (Å²) in [5.41, 5.74) is 5.02. The molecule has 2 N–H and O–H groups in total. The van der Waals surface area contributed by atoms with Gasteiger partial charge in [-0.1, -0.05) is 29.5 Å². The van der Waals surface area contributed by atoms with Crippen LogP contribution in [0.3, 0.4) is 0 Å². The topological polar surface area (TPSA) is 59.0 Å². The number of anilines is 2. The minimum atomic E-state index is -2.45. The molecule has 0 fully saturated rings. The fraction of sp³-hybridized carbons (Fsp3) is 0.238. The zero-order valence-electron chi connectivity index (χ0n) is 16.4. The van der Waals surface area contributed by atoms with E-state index in [4.69, 9.17) is 0 Å². The van der Waals surface area contributed by atoms with Crippen molar-refractivity contribution in [3.63, 3.8) is 0 Å². The number of benzene rings is 2. The molecule has 3 aromatic rings. The molecular formula is C21H22F2N4OS.